The van der Waals surface area contributed by atoms with E-state index >= 15 is 0 Å². The largest absolute Gasteiger partial charge is 0.467 e. The summed E-state index contributed by atoms with van der Waals surface area (Å²) >= 11 is 0. The van der Waals surface area contributed by atoms with Gasteiger partial charge < -0.3 is 14.6 Å². The van der Waals surface area contributed by atoms with Crippen LogP contribution < -0.4 is 5.32 Å². The Morgan fingerprint density at radius 3 is 2.40 bits per heavy atom. The molecule has 2 amide bonds. The average molecular weight is 363 g/mol. The Morgan fingerprint density at radius 1 is 1.12 bits per heavy atom. The van der Waals surface area contributed by atoms with Crippen LogP contribution >= 0.6 is 0 Å². The number of carbonyl (C=O) groups is 1. The highest BCUT2D eigenvalue weighted by Gasteiger charge is 2.30. The van der Waals surface area contributed by atoms with Gasteiger partial charge in [0.05, 0.1) is 17.7 Å². The van der Waals surface area contributed by atoms with Crippen molar-refractivity contribution in [2.75, 3.05) is 26.2 Å². The van der Waals surface area contributed by atoms with Crippen molar-refractivity contribution >= 4 is 16.1 Å². The van der Waals surface area contributed by atoms with Gasteiger partial charge in [0.1, 0.15) is 5.76 Å². The van der Waals surface area contributed by atoms with Crippen LogP contribution in [0.2, 0.25) is 0 Å². The number of nitrogens with zero attached hydrogens (tertiary/aromatic N) is 2. The molecule has 25 heavy (non-hydrogen) atoms. The molecule has 0 radical (unpaired) electrons. The van der Waals surface area contributed by atoms with Crippen LogP contribution in [0.25, 0.3) is 0 Å². The minimum absolute atomic E-state index is 0.219. The van der Waals surface area contributed by atoms with Crippen molar-refractivity contribution in [2.45, 2.75) is 18.4 Å². The molecule has 1 aliphatic heterocycles. The van der Waals surface area contributed by atoms with E-state index in [1.54, 1.807) is 47.6 Å². The number of carbonyl (C=O) groups excluding carboxylic acids is 1. The molecule has 1 aliphatic rings. The second-order valence-electron chi connectivity index (χ2n) is 5.94. The first-order chi connectivity index (χ1) is 12.0. The number of piperazine rings is 1. The molecule has 0 saturated carbocycles. The molecule has 1 fully saturated rings. The molecule has 0 bridgehead atoms. The Kier molecular flexibility index (Phi) is 5.10. The molecule has 2 aromatic rings. The molecule has 2 heterocycles. The third-order valence-electron chi connectivity index (χ3n) is 4.18. The van der Waals surface area contributed by atoms with Crippen molar-refractivity contribution in [3.8, 4) is 0 Å². The van der Waals surface area contributed by atoms with Gasteiger partial charge in [-0.05, 0) is 31.2 Å². The summed E-state index contributed by atoms with van der Waals surface area (Å²) in [6, 6.07) is 10.1. The molecule has 1 aromatic carbocycles. The number of urea groups is 1. The van der Waals surface area contributed by atoms with Gasteiger partial charge in [0.2, 0.25) is 10.0 Å². The highest BCUT2D eigenvalue weighted by atomic mass is 32.2. The Balaban J connectivity index is 1.55. The number of hydrogen-bond acceptors (Lipinski definition) is 4. The van der Waals surface area contributed by atoms with Crippen molar-refractivity contribution in [2.24, 2.45) is 0 Å². The maximum atomic E-state index is 12.7. The molecule has 0 atom stereocenters. The summed E-state index contributed by atoms with van der Waals surface area (Å²) in [5.41, 5.74) is 1.01. The van der Waals surface area contributed by atoms with Crippen LogP contribution in [0.1, 0.15) is 11.3 Å². The van der Waals surface area contributed by atoms with Crippen molar-refractivity contribution in [3.05, 3.63) is 54.0 Å². The van der Waals surface area contributed by atoms with Gasteiger partial charge >= 0.3 is 6.03 Å². The molecule has 1 saturated heterocycles. The summed E-state index contributed by atoms with van der Waals surface area (Å²) in [5, 5.41) is 2.77. The van der Waals surface area contributed by atoms with Gasteiger partial charge in [-0.25, -0.2) is 13.2 Å². The molecule has 7 nitrogen and oxygen atoms in total. The van der Waals surface area contributed by atoms with Gasteiger partial charge in [0.25, 0.3) is 0 Å². The van der Waals surface area contributed by atoms with Crippen LogP contribution in [0, 0.1) is 6.92 Å². The van der Waals surface area contributed by atoms with Gasteiger partial charge in [-0.1, -0.05) is 17.7 Å². The van der Waals surface area contributed by atoms with Gasteiger partial charge in [0.15, 0.2) is 0 Å². The lowest BCUT2D eigenvalue weighted by Gasteiger charge is -2.33. The normalized spacial score (nSPS) is 16.0. The number of sulfonamides is 1. The van der Waals surface area contributed by atoms with E-state index < -0.39 is 10.0 Å². The molecular weight excluding hydrogens is 342 g/mol. The number of hydrogen-bond donors (Lipinski definition) is 1. The molecule has 1 aromatic heterocycles. The lowest BCUT2D eigenvalue weighted by Crippen LogP contribution is -2.52. The Morgan fingerprint density at radius 2 is 1.80 bits per heavy atom. The second-order valence-corrected chi connectivity index (χ2v) is 7.88. The van der Waals surface area contributed by atoms with E-state index in [1.807, 2.05) is 6.92 Å². The fraction of sp³-hybridized carbons (Fsp3) is 0.353. The third-order valence-corrected chi connectivity index (χ3v) is 6.09. The van der Waals surface area contributed by atoms with Crippen molar-refractivity contribution < 1.29 is 17.6 Å². The zero-order chi connectivity index (χ0) is 17.9. The Bertz CT molecular complexity index is 808. The summed E-state index contributed by atoms with van der Waals surface area (Å²) in [5.74, 6) is 0.675. The fourth-order valence-corrected chi connectivity index (χ4v) is 4.10. The molecule has 1 N–H and O–H groups in total. The summed E-state index contributed by atoms with van der Waals surface area (Å²) in [6.45, 7) is 3.50. The minimum Gasteiger partial charge on any atom is -0.467 e. The topological polar surface area (TPSA) is 82.9 Å². The van der Waals surface area contributed by atoms with Crippen LogP contribution in [-0.2, 0) is 16.6 Å². The van der Waals surface area contributed by atoms with Crippen LogP contribution in [0.4, 0.5) is 4.79 Å². The first kappa shape index (κ1) is 17.5. The van der Waals surface area contributed by atoms with Gasteiger partial charge in [-0.3, -0.25) is 0 Å². The summed E-state index contributed by atoms with van der Waals surface area (Å²) in [4.78, 5) is 14.1. The number of rotatable bonds is 4. The SMILES string of the molecule is Cc1ccc(S(=O)(=O)N2CCN(C(=O)NCc3ccco3)CC2)cc1. The summed E-state index contributed by atoms with van der Waals surface area (Å²) < 4.78 is 31.9. The van der Waals surface area contributed by atoms with E-state index in [9.17, 15) is 13.2 Å². The molecule has 0 spiro atoms. The lowest BCUT2D eigenvalue weighted by molar-refractivity contribution is 0.171. The predicted octanol–water partition coefficient (Wildman–Crippen LogP) is 1.80. The predicted molar refractivity (Wildman–Crippen MR) is 92.5 cm³/mol. The molecule has 0 aliphatic carbocycles. The van der Waals surface area contributed by atoms with Crippen LogP contribution in [0.15, 0.2) is 52.0 Å². The lowest BCUT2D eigenvalue weighted by atomic mass is 10.2. The summed E-state index contributed by atoms with van der Waals surface area (Å²) in [6.07, 6.45) is 1.55. The van der Waals surface area contributed by atoms with Crippen LogP contribution in [0.3, 0.4) is 0 Å². The van der Waals surface area contributed by atoms with Gasteiger partial charge in [-0.15, -0.1) is 0 Å². The van der Waals surface area contributed by atoms with Crippen molar-refractivity contribution in [3.63, 3.8) is 0 Å². The van der Waals surface area contributed by atoms with E-state index in [2.05, 4.69) is 5.32 Å². The van der Waals surface area contributed by atoms with Crippen LogP contribution in [0.5, 0.6) is 0 Å². The number of furan rings is 1. The van der Waals surface area contributed by atoms with E-state index in [1.165, 1.54) is 4.31 Å². The zero-order valence-electron chi connectivity index (χ0n) is 14.0. The molecular formula is C17H21N3O4S. The third kappa shape index (κ3) is 4.02. The minimum atomic E-state index is -3.52. The number of amides is 2. The molecule has 134 valence electrons. The molecule has 3 rings (SSSR count). The second kappa shape index (κ2) is 7.28. The van der Waals surface area contributed by atoms with Crippen molar-refractivity contribution in [1.29, 1.82) is 0 Å². The maximum absolute atomic E-state index is 12.7. The molecule has 8 heteroatoms. The van der Waals surface area contributed by atoms with Gasteiger partial charge in [0, 0.05) is 26.2 Å². The first-order valence-corrected chi connectivity index (χ1v) is 9.53. The number of aryl methyl sites for hydroxylation is 1. The summed E-state index contributed by atoms with van der Waals surface area (Å²) in [7, 11) is -3.52. The highest BCUT2D eigenvalue weighted by Crippen LogP contribution is 2.18. The zero-order valence-corrected chi connectivity index (χ0v) is 14.8. The monoisotopic (exact) mass is 363 g/mol. The highest BCUT2D eigenvalue weighted by molar-refractivity contribution is 7.89. The fourth-order valence-electron chi connectivity index (χ4n) is 2.68. The first-order valence-electron chi connectivity index (χ1n) is 8.09. The Labute approximate surface area is 147 Å². The quantitative estimate of drug-likeness (QED) is 0.898. The van der Waals surface area contributed by atoms with Crippen molar-refractivity contribution in [1.82, 2.24) is 14.5 Å². The number of nitrogens with one attached hydrogen (secondary N) is 1. The standard InChI is InChI=1S/C17H21N3O4S/c1-14-4-6-16(7-5-14)25(22,23)20-10-8-19(9-11-20)17(21)18-13-15-3-2-12-24-15/h2-7,12H,8-11,13H2,1H3,(H,18,21). The van der Waals surface area contributed by atoms with E-state index in [0.29, 0.717) is 25.4 Å². The smallest absolute Gasteiger partial charge is 0.317 e. The maximum Gasteiger partial charge on any atom is 0.317 e. The van der Waals surface area contributed by atoms with E-state index in [0.717, 1.165) is 5.56 Å². The van der Waals surface area contributed by atoms with Gasteiger partial charge in [-0.2, -0.15) is 4.31 Å². The van der Waals surface area contributed by atoms with E-state index in [-0.39, 0.29) is 24.0 Å². The van der Waals surface area contributed by atoms with Crippen LogP contribution in [-0.4, -0.2) is 49.8 Å². The Hall–Kier alpha value is -2.32. The number of benzene rings is 1. The average Bonchev–Trinajstić information content (AvgIpc) is 3.14. The molecule has 0 unspecified atom stereocenters. The van der Waals surface area contributed by atoms with E-state index in [4.69, 9.17) is 4.42 Å².